The minimum absolute atomic E-state index is 0.0241. The Labute approximate surface area is 343 Å². The molecule has 0 unspecified atom stereocenters. The number of ether oxygens (including phenoxy) is 2. The van der Waals surface area contributed by atoms with E-state index in [9.17, 15) is 24.3 Å². The van der Waals surface area contributed by atoms with E-state index in [0.29, 0.717) is 64.7 Å². The molecule has 0 bridgehead atoms. The van der Waals surface area contributed by atoms with E-state index in [1.807, 2.05) is 48.5 Å². The first-order chi connectivity index (χ1) is 29.0. The summed E-state index contributed by atoms with van der Waals surface area (Å²) in [4.78, 5) is 62.6. The number of benzene rings is 3. The summed E-state index contributed by atoms with van der Waals surface area (Å²) in [7, 11) is 0. The summed E-state index contributed by atoms with van der Waals surface area (Å²) in [6, 6.07) is 17.3. The first-order valence-electron chi connectivity index (χ1n) is 20.3. The van der Waals surface area contributed by atoms with Gasteiger partial charge in [-0.2, -0.15) is 0 Å². The summed E-state index contributed by atoms with van der Waals surface area (Å²) >= 11 is 0. The number of cyclic esters (lactones) is 1. The van der Waals surface area contributed by atoms with Crippen LogP contribution in [0, 0.1) is 12.7 Å². The molecule has 4 heterocycles. The molecule has 15 heteroatoms. The fourth-order valence-corrected chi connectivity index (χ4v) is 9.60. The number of alkyl carbamates (subject to hydrolysis) is 1. The number of aliphatic hydroxyl groups is 1. The van der Waals surface area contributed by atoms with Gasteiger partial charge in [0.2, 0.25) is 5.91 Å². The molecule has 0 radical (unpaired) electrons. The van der Waals surface area contributed by atoms with Crippen LogP contribution in [0.25, 0.3) is 43.9 Å². The Balaban J connectivity index is 1.03. The second kappa shape index (κ2) is 15.2. The molecule has 3 N–H and O–H groups in total. The predicted octanol–water partition coefficient (Wildman–Crippen LogP) is 7.02. The van der Waals surface area contributed by atoms with Gasteiger partial charge >= 0.3 is 12.1 Å². The quantitative estimate of drug-likeness (QED) is 0.0408. The Hall–Kier alpha value is -6.57. The van der Waals surface area contributed by atoms with Gasteiger partial charge in [-0.05, 0) is 89.6 Å². The van der Waals surface area contributed by atoms with Crippen LogP contribution >= 0.6 is 0 Å². The summed E-state index contributed by atoms with van der Waals surface area (Å²) in [5, 5.41) is 21.7. The number of fused-ring (bicyclic) bond motifs is 8. The average molecular weight is 812 g/mol. The van der Waals surface area contributed by atoms with Crippen LogP contribution in [-0.4, -0.2) is 51.8 Å². The highest BCUT2D eigenvalue weighted by molar-refractivity contribution is 5.94. The third-order valence-electron chi connectivity index (χ3n) is 12.7. The van der Waals surface area contributed by atoms with Gasteiger partial charge in [-0.15, -0.1) is 0 Å². The number of rotatable bonds is 11. The van der Waals surface area contributed by atoms with Crippen LogP contribution in [0.1, 0.15) is 95.5 Å². The second-order valence-electron chi connectivity index (χ2n) is 15.9. The van der Waals surface area contributed by atoms with Crippen molar-refractivity contribution in [1.82, 2.24) is 20.2 Å². The zero-order valence-corrected chi connectivity index (χ0v) is 33.1. The molecule has 0 fully saturated rings. The molecule has 3 atom stereocenters. The highest BCUT2D eigenvalue weighted by Gasteiger charge is 2.46. The van der Waals surface area contributed by atoms with Crippen LogP contribution in [0.4, 0.5) is 9.18 Å². The molecule has 2 aliphatic carbocycles. The third kappa shape index (κ3) is 6.27. The number of nitrogens with one attached hydrogen (secondary N) is 2. The van der Waals surface area contributed by atoms with E-state index >= 15 is 4.39 Å². The molecule has 9 rings (SSSR count). The largest absolute Gasteiger partial charge is 0.458 e. The van der Waals surface area contributed by atoms with Crippen LogP contribution in [0.3, 0.4) is 0 Å². The lowest BCUT2D eigenvalue weighted by Crippen LogP contribution is -2.48. The van der Waals surface area contributed by atoms with Crippen molar-refractivity contribution in [2.45, 2.75) is 89.1 Å². The van der Waals surface area contributed by atoms with Gasteiger partial charge in [-0.3, -0.25) is 9.59 Å². The standard InChI is InChI=1S/C45H42FN7O7/c1-3-45(58)32-18-37-40-29(20-53(37)42(55)31(32)22-59-43(45)56)39-34(16-15-24-23(2)33(46)19-36(49-40)38(24)39)50-41(54)35(14-8-9-17-48-52-47)51-44(57)60-21-30-27-12-6-4-10-25(27)26-11-5-7-13-28(26)30/h4-7,10-13,18-19,30,34-35,58H,3,8-9,14-17,20-22H2,1-2H3,(H,50,54)(H,51,57)/t34-,35-,45-/m0/s1. The van der Waals surface area contributed by atoms with Crippen molar-refractivity contribution >= 4 is 28.9 Å². The Kier molecular flexibility index (Phi) is 9.88. The molecule has 0 saturated heterocycles. The van der Waals surface area contributed by atoms with Gasteiger partial charge in [-0.25, -0.2) is 19.0 Å². The Bertz CT molecular complexity index is 2720. The van der Waals surface area contributed by atoms with Crippen LogP contribution in [0.5, 0.6) is 0 Å². The number of azide groups is 1. The highest BCUT2D eigenvalue weighted by atomic mass is 19.1. The minimum Gasteiger partial charge on any atom is -0.458 e. The molecule has 60 heavy (non-hydrogen) atoms. The molecule has 2 aliphatic heterocycles. The number of unbranched alkanes of at least 4 members (excludes halogenated alkanes) is 1. The van der Waals surface area contributed by atoms with Gasteiger partial charge in [0.1, 0.15) is 25.1 Å². The topological polar surface area (TPSA) is 198 Å². The number of nitrogens with zero attached hydrogens (tertiary/aromatic N) is 5. The number of esters is 1. The van der Waals surface area contributed by atoms with E-state index in [2.05, 4.69) is 20.7 Å². The maximum absolute atomic E-state index is 15.5. The van der Waals surface area contributed by atoms with E-state index in [1.54, 1.807) is 19.9 Å². The Morgan fingerprint density at radius 3 is 2.55 bits per heavy atom. The number of halogens is 1. The van der Waals surface area contributed by atoms with Crippen molar-refractivity contribution in [3.63, 3.8) is 0 Å². The fourth-order valence-electron chi connectivity index (χ4n) is 9.60. The van der Waals surface area contributed by atoms with Gasteiger partial charge in [0.15, 0.2) is 5.60 Å². The van der Waals surface area contributed by atoms with E-state index < -0.39 is 47.0 Å². The maximum atomic E-state index is 15.5. The average Bonchev–Trinajstić information content (AvgIpc) is 3.79. The minimum atomic E-state index is -2.03. The van der Waals surface area contributed by atoms with Crippen molar-refractivity contribution in [3.05, 3.63) is 132 Å². The fraction of sp³-hybridized carbons (Fsp3) is 0.356. The van der Waals surface area contributed by atoms with Gasteiger partial charge in [-0.1, -0.05) is 67.0 Å². The van der Waals surface area contributed by atoms with Crippen LogP contribution < -0.4 is 16.2 Å². The highest BCUT2D eigenvalue weighted by Crippen LogP contribution is 2.47. The van der Waals surface area contributed by atoms with Crippen LogP contribution in [0.2, 0.25) is 0 Å². The number of aromatic nitrogens is 2. The molecular weight excluding hydrogens is 770 g/mol. The lowest BCUT2D eigenvalue weighted by molar-refractivity contribution is -0.172. The van der Waals surface area contributed by atoms with Gasteiger partial charge in [0.25, 0.3) is 5.56 Å². The first-order valence-corrected chi connectivity index (χ1v) is 20.3. The number of pyridine rings is 2. The molecule has 4 aliphatic rings. The van der Waals surface area contributed by atoms with E-state index in [1.165, 1.54) is 10.6 Å². The number of hydrogen-bond acceptors (Lipinski definition) is 9. The lowest BCUT2D eigenvalue weighted by atomic mass is 9.81. The summed E-state index contributed by atoms with van der Waals surface area (Å²) < 4.78 is 28.1. The lowest BCUT2D eigenvalue weighted by Gasteiger charge is -2.31. The van der Waals surface area contributed by atoms with Crippen LogP contribution in [-0.2, 0) is 44.2 Å². The summed E-state index contributed by atoms with van der Waals surface area (Å²) in [6.45, 7) is 3.41. The monoisotopic (exact) mass is 811 g/mol. The van der Waals surface area contributed by atoms with Crippen molar-refractivity contribution in [1.29, 1.82) is 0 Å². The van der Waals surface area contributed by atoms with E-state index in [0.717, 1.165) is 27.8 Å². The zero-order valence-electron chi connectivity index (χ0n) is 33.1. The molecule has 3 aromatic carbocycles. The molecule has 306 valence electrons. The zero-order chi connectivity index (χ0) is 41.9. The Morgan fingerprint density at radius 1 is 1.10 bits per heavy atom. The maximum Gasteiger partial charge on any atom is 0.407 e. The van der Waals surface area contributed by atoms with E-state index in [4.69, 9.17) is 20.0 Å². The SMILES string of the molecule is CC[C@@]1(O)C(=O)OCc2c1cc1n(c2=O)Cc2c-1nc1cc(F)c(C)c3c1c2[C@@H](NC(=O)[C@H](CCCCN=[N+]=[N-])NC(=O)OCC1c2ccccc2-c2ccccc21)CC3. The molecule has 14 nitrogen and oxygen atoms in total. The van der Waals surface area contributed by atoms with Crippen molar-refractivity contribution in [2.75, 3.05) is 13.2 Å². The Morgan fingerprint density at radius 2 is 1.83 bits per heavy atom. The molecule has 0 spiro atoms. The predicted molar refractivity (Wildman–Crippen MR) is 218 cm³/mol. The van der Waals surface area contributed by atoms with E-state index in [-0.39, 0.29) is 56.2 Å². The molecule has 2 aromatic heterocycles. The van der Waals surface area contributed by atoms with Crippen molar-refractivity contribution in [2.24, 2.45) is 5.11 Å². The number of carbonyl (C=O) groups excluding carboxylic acids is 3. The number of aryl methyl sites for hydroxylation is 1. The third-order valence-corrected chi connectivity index (χ3v) is 12.7. The molecule has 5 aromatic rings. The first kappa shape index (κ1) is 38.9. The summed E-state index contributed by atoms with van der Waals surface area (Å²) in [5.41, 5.74) is 14.6. The molecular formula is C45H42FN7O7. The van der Waals surface area contributed by atoms with Gasteiger partial charge in [0.05, 0.1) is 35.1 Å². The van der Waals surface area contributed by atoms with Crippen molar-refractivity contribution < 1.29 is 33.4 Å². The second-order valence-corrected chi connectivity index (χ2v) is 15.9. The number of amides is 2. The van der Waals surface area contributed by atoms with Gasteiger partial charge in [0, 0.05) is 40.0 Å². The van der Waals surface area contributed by atoms with Crippen molar-refractivity contribution in [3.8, 4) is 22.5 Å². The number of hydrogen-bond donors (Lipinski definition) is 3. The number of carbonyl (C=O) groups is 3. The summed E-state index contributed by atoms with van der Waals surface area (Å²) in [6.07, 6.45) is 1.21. The molecule has 0 saturated carbocycles. The smallest absolute Gasteiger partial charge is 0.407 e. The normalized spacial score (nSPS) is 18.6. The van der Waals surface area contributed by atoms with Gasteiger partial charge < -0.3 is 29.8 Å². The summed E-state index contributed by atoms with van der Waals surface area (Å²) in [5.74, 6) is -1.93. The molecule has 2 amide bonds. The van der Waals surface area contributed by atoms with Crippen LogP contribution in [0.15, 0.2) is 70.6 Å².